The van der Waals surface area contributed by atoms with Gasteiger partial charge in [-0.25, -0.2) is 0 Å². The minimum atomic E-state index is 0.640. The van der Waals surface area contributed by atoms with Crippen LogP contribution in [0.1, 0.15) is 5.69 Å². The van der Waals surface area contributed by atoms with E-state index in [4.69, 9.17) is 5.21 Å². The highest BCUT2D eigenvalue weighted by atomic mass is 16.5. The lowest BCUT2D eigenvalue weighted by molar-refractivity contribution is 0.389. The molecule has 1 heterocycles. The first kappa shape index (κ1) is 8.01. The second-order valence-electron chi connectivity index (χ2n) is 2.91. The summed E-state index contributed by atoms with van der Waals surface area (Å²) in [6.45, 7) is 1.95. The van der Waals surface area contributed by atoms with Crippen molar-refractivity contribution < 1.29 is 5.21 Å². The number of pyridine rings is 1. The molecule has 0 unspecified atom stereocenters. The van der Waals surface area contributed by atoms with Crippen molar-refractivity contribution in [2.75, 3.05) is 5.48 Å². The molecule has 0 spiro atoms. The van der Waals surface area contributed by atoms with Gasteiger partial charge in [-0.1, -0.05) is 24.3 Å². The Bertz CT molecular complexity index is 440. The van der Waals surface area contributed by atoms with Gasteiger partial charge in [-0.05, 0) is 6.92 Å². The number of aromatic nitrogens is 1. The zero-order chi connectivity index (χ0) is 9.26. The molecular formula is C10H10N2O. The van der Waals surface area contributed by atoms with E-state index in [0.29, 0.717) is 5.69 Å². The number of fused-ring (bicyclic) bond motifs is 1. The van der Waals surface area contributed by atoms with E-state index in [9.17, 15) is 0 Å². The van der Waals surface area contributed by atoms with E-state index in [-0.39, 0.29) is 0 Å². The predicted molar refractivity (Wildman–Crippen MR) is 51.9 cm³/mol. The Morgan fingerprint density at radius 1 is 1.23 bits per heavy atom. The standard InChI is InChI=1S/C10H10N2O/c1-7-8-4-2-3-5-9(8)10(12-13)6-11-7/h2-6,12-13H,1H3. The van der Waals surface area contributed by atoms with Crippen LogP contribution in [0, 0.1) is 6.92 Å². The molecule has 2 aromatic rings. The molecule has 3 heteroatoms. The van der Waals surface area contributed by atoms with Crippen LogP contribution in [0.4, 0.5) is 5.69 Å². The van der Waals surface area contributed by atoms with Gasteiger partial charge in [0.15, 0.2) is 0 Å². The molecule has 2 rings (SSSR count). The van der Waals surface area contributed by atoms with Crippen LogP contribution in [-0.4, -0.2) is 10.2 Å². The molecule has 3 nitrogen and oxygen atoms in total. The topological polar surface area (TPSA) is 45.2 Å². The summed E-state index contributed by atoms with van der Waals surface area (Å²) in [7, 11) is 0. The van der Waals surface area contributed by atoms with Crippen LogP contribution < -0.4 is 5.48 Å². The maximum atomic E-state index is 8.84. The largest absolute Gasteiger partial charge is 0.291 e. The maximum absolute atomic E-state index is 8.84. The molecule has 0 saturated heterocycles. The number of hydrogen-bond acceptors (Lipinski definition) is 3. The lowest BCUT2D eigenvalue weighted by Crippen LogP contribution is -1.93. The van der Waals surface area contributed by atoms with Gasteiger partial charge in [0.1, 0.15) is 0 Å². The molecule has 0 bridgehead atoms. The predicted octanol–water partition coefficient (Wildman–Crippen LogP) is 2.34. The smallest absolute Gasteiger partial charge is 0.0863 e. The minimum absolute atomic E-state index is 0.640. The number of hydrogen-bond donors (Lipinski definition) is 2. The van der Waals surface area contributed by atoms with Crippen molar-refractivity contribution in [2.45, 2.75) is 6.92 Å². The number of benzene rings is 1. The number of rotatable bonds is 1. The first-order valence-corrected chi connectivity index (χ1v) is 4.07. The Kier molecular flexibility index (Phi) is 1.87. The quantitative estimate of drug-likeness (QED) is 0.652. The lowest BCUT2D eigenvalue weighted by atomic mass is 10.1. The van der Waals surface area contributed by atoms with Gasteiger partial charge in [-0.15, -0.1) is 0 Å². The molecule has 2 N–H and O–H groups in total. The van der Waals surface area contributed by atoms with E-state index in [2.05, 4.69) is 10.5 Å². The van der Waals surface area contributed by atoms with E-state index >= 15 is 0 Å². The summed E-state index contributed by atoms with van der Waals surface area (Å²) in [5.74, 6) is 0. The molecule has 0 amide bonds. The van der Waals surface area contributed by atoms with Gasteiger partial charge >= 0.3 is 0 Å². The van der Waals surface area contributed by atoms with Gasteiger partial charge < -0.3 is 0 Å². The zero-order valence-corrected chi connectivity index (χ0v) is 7.28. The fraction of sp³-hybridized carbons (Fsp3) is 0.100. The summed E-state index contributed by atoms with van der Waals surface area (Å²) < 4.78 is 0. The number of anilines is 1. The van der Waals surface area contributed by atoms with Gasteiger partial charge in [0.25, 0.3) is 0 Å². The van der Waals surface area contributed by atoms with Gasteiger partial charge in [0.05, 0.1) is 11.9 Å². The monoisotopic (exact) mass is 174 g/mol. The Morgan fingerprint density at radius 3 is 2.62 bits per heavy atom. The Morgan fingerprint density at radius 2 is 1.92 bits per heavy atom. The van der Waals surface area contributed by atoms with Crippen LogP contribution >= 0.6 is 0 Å². The Hall–Kier alpha value is -1.61. The van der Waals surface area contributed by atoms with E-state index in [1.807, 2.05) is 31.2 Å². The molecule has 1 aromatic heterocycles. The molecule has 0 radical (unpaired) electrons. The highest BCUT2D eigenvalue weighted by Gasteiger charge is 2.01. The molecule has 0 atom stereocenters. The first-order chi connectivity index (χ1) is 6.33. The van der Waals surface area contributed by atoms with E-state index in [0.717, 1.165) is 16.5 Å². The third-order valence-corrected chi connectivity index (χ3v) is 2.11. The molecule has 1 aromatic carbocycles. The number of nitrogens with one attached hydrogen (secondary N) is 1. The fourth-order valence-corrected chi connectivity index (χ4v) is 1.42. The van der Waals surface area contributed by atoms with E-state index < -0.39 is 0 Å². The van der Waals surface area contributed by atoms with Crippen molar-refractivity contribution in [3.05, 3.63) is 36.2 Å². The number of nitrogens with zero attached hydrogens (tertiary/aromatic N) is 1. The molecule has 0 saturated carbocycles. The minimum Gasteiger partial charge on any atom is -0.291 e. The highest BCUT2D eigenvalue weighted by Crippen LogP contribution is 2.23. The van der Waals surface area contributed by atoms with Crippen LogP contribution in [0.5, 0.6) is 0 Å². The Labute approximate surface area is 76.0 Å². The van der Waals surface area contributed by atoms with Gasteiger partial charge in [-0.3, -0.25) is 15.7 Å². The van der Waals surface area contributed by atoms with Crippen molar-refractivity contribution in [3.63, 3.8) is 0 Å². The van der Waals surface area contributed by atoms with Crippen LogP contribution in [0.2, 0.25) is 0 Å². The van der Waals surface area contributed by atoms with Crippen LogP contribution in [0.3, 0.4) is 0 Å². The summed E-state index contributed by atoms with van der Waals surface area (Å²) in [6, 6.07) is 7.82. The molecule has 0 aliphatic heterocycles. The van der Waals surface area contributed by atoms with Crippen molar-refractivity contribution in [2.24, 2.45) is 0 Å². The van der Waals surface area contributed by atoms with Crippen LogP contribution in [0.15, 0.2) is 30.5 Å². The third-order valence-electron chi connectivity index (χ3n) is 2.11. The zero-order valence-electron chi connectivity index (χ0n) is 7.28. The molecule has 0 fully saturated rings. The van der Waals surface area contributed by atoms with Crippen molar-refractivity contribution in [3.8, 4) is 0 Å². The van der Waals surface area contributed by atoms with E-state index in [1.54, 1.807) is 6.20 Å². The maximum Gasteiger partial charge on any atom is 0.0863 e. The average molecular weight is 174 g/mol. The molecule has 13 heavy (non-hydrogen) atoms. The van der Waals surface area contributed by atoms with Crippen molar-refractivity contribution in [1.29, 1.82) is 0 Å². The summed E-state index contributed by atoms with van der Waals surface area (Å²) in [5.41, 5.74) is 3.74. The first-order valence-electron chi connectivity index (χ1n) is 4.07. The van der Waals surface area contributed by atoms with Crippen molar-refractivity contribution >= 4 is 16.5 Å². The number of aryl methyl sites for hydroxylation is 1. The van der Waals surface area contributed by atoms with E-state index in [1.165, 1.54) is 0 Å². The third kappa shape index (κ3) is 1.23. The molecule has 0 aliphatic carbocycles. The average Bonchev–Trinajstić information content (AvgIpc) is 2.19. The van der Waals surface area contributed by atoms with Crippen LogP contribution in [-0.2, 0) is 0 Å². The summed E-state index contributed by atoms with van der Waals surface area (Å²) in [5, 5.41) is 10.9. The second kappa shape index (κ2) is 3.03. The highest BCUT2D eigenvalue weighted by molar-refractivity contribution is 5.94. The van der Waals surface area contributed by atoms with Crippen LogP contribution in [0.25, 0.3) is 10.8 Å². The summed E-state index contributed by atoms with van der Waals surface area (Å²) in [6.07, 6.45) is 1.62. The molecule has 66 valence electrons. The van der Waals surface area contributed by atoms with Crippen molar-refractivity contribution in [1.82, 2.24) is 4.98 Å². The van der Waals surface area contributed by atoms with Gasteiger partial charge in [0.2, 0.25) is 0 Å². The van der Waals surface area contributed by atoms with Gasteiger partial charge in [-0.2, -0.15) is 0 Å². The normalized spacial score (nSPS) is 10.3. The SMILES string of the molecule is Cc1ncc(NO)c2ccccc12. The van der Waals surface area contributed by atoms with Gasteiger partial charge in [0, 0.05) is 16.5 Å². The summed E-state index contributed by atoms with van der Waals surface area (Å²) in [4.78, 5) is 4.16. The molecule has 0 aliphatic rings. The Balaban J connectivity index is 2.84. The fourth-order valence-electron chi connectivity index (χ4n) is 1.42. The second-order valence-corrected chi connectivity index (χ2v) is 2.91. The molecular weight excluding hydrogens is 164 g/mol. The summed E-state index contributed by atoms with van der Waals surface area (Å²) >= 11 is 0. The lowest BCUT2D eigenvalue weighted by Gasteiger charge is -2.05.